The second-order valence-electron chi connectivity index (χ2n) is 12.2. The number of nitrogens with zero attached hydrogens (tertiary/aromatic N) is 5. The number of imidazole rings is 1. The number of fused-ring (bicyclic) bond motifs is 2. The van der Waals surface area contributed by atoms with Gasteiger partial charge in [0, 0.05) is 37.7 Å². The maximum absolute atomic E-state index is 11.8. The number of anilines is 2. The molecule has 0 spiro atoms. The third-order valence-electron chi connectivity index (χ3n) is 8.90. The van der Waals surface area contributed by atoms with Crippen molar-refractivity contribution < 1.29 is 22.6 Å². The Morgan fingerprint density at radius 1 is 0.898 bits per heavy atom. The van der Waals surface area contributed by atoms with E-state index in [0.29, 0.717) is 52.7 Å². The summed E-state index contributed by atoms with van der Waals surface area (Å²) in [5.74, 6) is 1.75. The summed E-state index contributed by atoms with van der Waals surface area (Å²) in [6.45, 7) is 16.2. The van der Waals surface area contributed by atoms with Crippen molar-refractivity contribution in [3.63, 3.8) is 0 Å². The fourth-order valence-electron chi connectivity index (χ4n) is 5.53. The number of benzene rings is 2. The Hall–Kier alpha value is -2.02. The topological polar surface area (TPSA) is 96.0 Å². The van der Waals surface area contributed by atoms with Gasteiger partial charge in [-0.1, -0.05) is 79.2 Å². The lowest BCUT2D eigenvalue weighted by atomic mass is 10.1. The van der Waals surface area contributed by atoms with E-state index in [1.54, 1.807) is 12.1 Å². The van der Waals surface area contributed by atoms with Crippen molar-refractivity contribution in [1.82, 2.24) is 9.47 Å². The molecule has 0 amide bonds. The van der Waals surface area contributed by atoms with E-state index in [-0.39, 0.29) is 18.9 Å². The lowest BCUT2D eigenvalue weighted by molar-refractivity contribution is -0.674. The summed E-state index contributed by atoms with van der Waals surface area (Å²) < 4.78 is 37.2. The smallest absolute Gasteiger partial charge is 0.282 e. The number of rotatable bonds is 14. The van der Waals surface area contributed by atoms with Crippen LogP contribution in [0.2, 0.25) is 20.1 Å². The molecule has 0 fully saturated rings. The zero-order valence-corrected chi connectivity index (χ0v) is 33.2. The zero-order valence-electron chi connectivity index (χ0n) is 29.4. The maximum Gasteiger partial charge on any atom is 0.282 e. The number of halogens is 4. The summed E-state index contributed by atoms with van der Waals surface area (Å²) in [5.41, 5.74) is 3.51. The average Bonchev–Trinajstić information content (AvgIpc) is 3.51. The number of hydrogen-bond donors (Lipinski definition) is 1. The van der Waals surface area contributed by atoms with E-state index < -0.39 is 15.4 Å². The molecule has 0 bridgehead atoms. The summed E-state index contributed by atoms with van der Waals surface area (Å²) in [6, 6.07) is 7.31. The normalized spacial score (nSPS) is 15.4. The van der Waals surface area contributed by atoms with Crippen LogP contribution in [0.4, 0.5) is 11.4 Å². The van der Waals surface area contributed by atoms with Crippen molar-refractivity contribution in [2.45, 2.75) is 72.7 Å². The quantitative estimate of drug-likeness (QED) is 0.132. The first-order chi connectivity index (χ1) is 23.1. The SMILES string of the molecule is CCN(C)CC.CCN1C(=CC=Cc2n(CC)c3cc(Cl)c(Cl)cc3[n+]2CCC(C)S(=O)(=O)O)N(CCC(C)C[O-])c2cc(Cl)c(Cl)cc21. The third kappa shape index (κ3) is 10.1. The van der Waals surface area contributed by atoms with Crippen molar-refractivity contribution in [1.29, 1.82) is 0 Å². The molecular weight excluding hydrogens is 728 g/mol. The predicted octanol–water partition coefficient (Wildman–Crippen LogP) is 7.77. The van der Waals surface area contributed by atoms with Gasteiger partial charge in [0.05, 0.1) is 49.8 Å². The minimum atomic E-state index is -4.19. The number of aromatic nitrogens is 2. The molecule has 1 N–H and O–H groups in total. The number of allylic oxidation sites excluding steroid dienone is 2. The van der Waals surface area contributed by atoms with Gasteiger partial charge in [-0.15, -0.1) is 6.61 Å². The highest BCUT2D eigenvalue weighted by molar-refractivity contribution is 7.86. The Labute approximate surface area is 312 Å². The van der Waals surface area contributed by atoms with Crippen LogP contribution in [0, 0.1) is 5.92 Å². The van der Waals surface area contributed by atoms with Gasteiger partial charge < -0.3 is 19.8 Å². The largest absolute Gasteiger partial charge is 0.854 e. The summed E-state index contributed by atoms with van der Waals surface area (Å²) >= 11 is 25.6. The first kappa shape index (κ1) is 41.4. The van der Waals surface area contributed by atoms with E-state index in [2.05, 4.69) is 47.1 Å². The van der Waals surface area contributed by atoms with E-state index in [1.165, 1.54) is 6.92 Å². The molecule has 0 saturated carbocycles. The van der Waals surface area contributed by atoms with Crippen LogP contribution in [0.5, 0.6) is 0 Å². The highest BCUT2D eigenvalue weighted by Crippen LogP contribution is 2.45. The van der Waals surface area contributed by atoms with Crippen molar-refractivity contribution in [3.05, 3.63) is 68.2 Å². The average molecular weight is 778 g/mol. The van der Waals surface area contributed by atoms with Crippen LogP contribution in [0.3, 0.4) is 0 Å². The van der Waals surface area contributed by atoms with Gasteiger partial charge in [0.2, 0.25) is 0 Å². The Balaban J connectivity index is 0.000000992. The van der Waals surface area contributed by atoms with Gasteiger partial charge in [-0.25, -0.2) is 9.13 Å². The van der Waals surface area contributed by atoms with Crippen LogP contribution in [-0.2, 0) is 23.2 Å². The van der Waals surface area contributed by atoms with Crippen LogP contribution in [0.25, 0.3) is 17.1 Å². The molecule has 0 radical (unpaired) electrons. The second-order valence-corrected chi connectivity index (χ2v) is 15.7. The van der Waals surface area contributed by atoms with Crippen LogP contribution in [0.15, 0.2) is 42.2 Å². The molecule has 1 aliphatic heterocycles. The molecule has 2 aromatic carbocycles. The monoisotopic (exact) mass is 775 g/mol. The van der Waals surface area contributed by atoms with Crippen LogP contribution >= 0.6 is 46.4 Å². The minimum Gasteiger partial charge on any atom is -0.854 e. The van der Waals surface area contributed by atoms with Crippen LogP contribution in [-0.4, -0.2) is 67.5 Å². The molecule has 1 aliphatic rings. The van der Waals surface area contributed by atoms with E-state index in [4.69, 9.17) is 46.4 Å². The van der Waals surface area contributed by atoms with Gasteiger partial charge in [-0.05, 0) is 65.5 Å². The number of aryl methyl sites for hydroxylation is 2. The molecule has 0 saturated heterocycles. The van der Waals surface area contributed by atoms with Gasteiger partial charge in [0.15, 0.2) is 11.0 Å². The van der Waals surface area contributed by atoms with Crippen LogP contribution < -0.4 is 19.5 Å². The predicted molar refractivity (Wildman–Crippen MR) is 205 cm³/mol. The highest BCUT2D eigenvalue weighted by Gasteiger charge is 2.31. The Kier molecular flexibility index (Phi) is 15.6. The van der Waals surface area contributed by atoms with E-state index in [0.717, 1.165) is 47.1 Å². The number of hydrogen-bond acceptors (Lipinski definition) is 6. The molecule has 2 atom stereocenters. The van der Waals surface area contributed by atoms with Crippen molar-refractivity contribution >= 4 is 85.0 Å². The Bertz CT molecular complexity index is 1760. The molecule has 0 aliphatic carbocycles. The standard InChI is InChI=1S/C30H36Cl4N4O4S.C5H13N/c1-5-35-25-14-21(31)23(33)16-27(25)37(12-10-19(3)18-39)29(35)8-7-9-30-36(6-2)26-15-22(32)24(34)17-28(26)38(30)13-11-20(4)43(40,41)42;1-4-6(3)5-2/h7-9,14-17,19-20H,5-6,10-13,18H2,1-4H3,(H,40,41,42);4-5H2,1-3H3. The van der Waals surface area contributed by atoms with Gasteiger partial charge >= 0.3 is 0 Å². The van der Waals surface area contributed by atoms with Crippen LogP contribution in [0.1, 0.15) is 60.2 Å². The maximum atomic E-state index is 11.8. The summed E-state index contributed by atoms with van der Waals surface area (Å²) in [6.07, 6.45) is 6.82. The first-order valence-corrected chi connectivity index (χ1v) is 19.7. The van der Waals surface area contributed by atoms with E-state index >= 15 is 0 Å². The van der Waals surface area contributed by atoms with Gasteiger partial charge in [0.25, 0.3) is 15.9 Å². The Morgan fingerprint density at radius 3 is 1.98 bits per heavy atom. The van der Waals surface area contributed by atoms with Gasteiger partial charge in [-0.3, -0.25) is 4.55 Å². The summed E-state index contributed by atoms with van der Waals surface area (Å²) in [4.78, 5) is 6.56. The molecule has 9 nitrogen and oxygen atoms in total. The highest BCUT2D eigenvalue weighted by atomic mass is 35.5. The van der Waals surface area contributed by atoms with Crippen molar-refractivity contribution in [3.8, 4) is 0 Å². The van der Waals surface area contributed by atoms with Crippen molar-refractivity contribution in [2.75, 3.05) is 49.6 Å². The molecule has 3 aromatic rings. The molecular formula is C35H49Cl4N5O4S. The third-order valence-corrected chi connectivity index (χ3v) is 11.6. The van der Waals surface area contributed by atoms with Crippen molar-refractivity contribution in [2.24, 2.45) is 5.92 Å². The van der Waals surface area contributed by atoms with E-state index in [1.807, 2.05) is 48.8 Å². The second kappa shape index (κ2) is 18.5. The fourth-order valence-corrected chi connectivity index (χ4v) is 6.57. The molecule has 272 valence electrons. The summed E-state index contributed by atoms with van der Waals surface area (Å²) in [5, 5.41) is 12.3. The minimum absolute atomic E-state index is 0.0154. The molecule has 49 heavy (non-hydrogen) atoms. The molecule has 2 heterocycles. The zero-order chi connectivity index (χ0) is 36.6. The molecule has 1 aromatic heterocycles. The van der Waals surface area contributed by atoms with E-state index in [9.17, 15) is 18.1 Å². The Morgan fingerprint density at radius 2 is 1.47 bits per heavy atom. The lowest BCUT2D eigenvalue weighted by Gasteiger charge is -2.26. The first-order valence-electron chi connectivity index (χ1n) is 16.7. The fraction of sp³-hybridized carbons (Fsp3) is 0.514. The lowest BCUT2D eigenvalue weighted by Crippen LogP contribution is -2.38. The molecule has 4 rings (SSSR count). The van der Waals surface area contributed by atoms with Gasteiger partial charge in [-0.2, -0.15) is 8.42 Å². The van der Waals surface area contributed by atoms with Gasteiger partial charge in [0.1, 0.15) is 5.82 Å². The molecule has 2 unspecified atom stereocenters. The summed E-state index contributed by atoms with van der Waals surface area (Å²) in [7, 11) is -2.08. The molecule has 14 heteroatoms.